The van der Waals surface area contributed by atoms with E-state index in [1.165, 1.54) is 12.1 Å². The number of nitrogens with zero attached hydrogens (tertiary/aromatic N) is 3. The van der Waals surface area contributed by atoms with Crippen LogP contribution in [-0.2, 0) is 6.54 Å². The summed E-state index contributed by atoms with van der Waals surface area (Å²) in [6.45, 7) is 3.17. The molecule has 0 saturated carbocycles. The highest BCUT2D eigenvalue weighted by Crippen LogP contribution is 2.19. The van der Waals surface area contributed by atoms with E-state index in [9.17, 15) is 15.2 Å². The fourth-order valence-corrected chi connectivity index (χ4v) is 2.98. The molecule has 0 radical (unpaired) electrons. The van der Waals surface area contributed by atoms with Gasteiger partial charge in [0.2, 0.25) is 0 Å². The van der Waals surface area contributed by atoms with Crippen LogP contribution in [0.3, 0.4) is 0 Å². The second-order valence-electron chi connectivity index (χ2n) is 5.26. The van der Waals surface area contributed by atoms with Crippen molar-refractivity contribution in [1.29, 1.82) is 0 Å². The van der Waals surface area contributed by atoms with E-state index in [0.29, 0.717) is 18.8 Å². The molecule has 0 saturated heterocycles. The van der Waals surface area contributed by atoms with E-state index in [0.717, 1.165) is 9.88 Å². The number of aliphatic hydroxyl groups excluding tert-OH is 1. The Morgan fingerprint density at radius 2 is 2.30 bits per heavy atom. The lowest BCUT2D eigenvalue weighted by Gasteiger charge is -2.20. The van der Waals surface area contributed by atoms with E-state index in [1.807, 2.05) is 25.1 Å². The van der Waals surface area contributed by atoms with Crippen molar-refractivity contribution in [1.82, 2.24) is 9.88 Å². The lowest BCUT2D eigenvalue weighted by atomic mass is 10.3. The largest absolute Gasteiger partial charge is 0.491 e. The molecule has 0 fully saturated rings. The maximum atomic E-state index is 10.7. The second kappa shape index (κ2) is 8.00. The van der Waals surface area contributed by atoms with Crippen molar-refractivity contribution in [2.24, 2.45) is 0 Å². The van der Waals surface area contributed by atoms with Crippen molar-refractivity contribution >= 4 is 17.0 Å². The summed E-state index contributed by atoms with van der Waals surface area (Å²) < 4.78 is 5.42. The molecule has 1 aromatic heterocycles. The Kier molecular flexibility index (Phi) is 6.03. The Morgan fingerprint density at radius 1 is 1.52 bits per heavy atom. The molecule has 23 heavy (non-hydrogen) atoms. The van der Waals surface area contributed by atoms with Gasteiger partial charge in [-0.25, -0.2) is 4.98 Å². The van der Waals surface area contributed by atoms with Crippen molar-refractivity contribution in [3.8, 4) is 5.75 Å². The lowest BCUT2D eigenvalue weighted by molar-refractivity contribution is -0.384. The van der Waals surface area contributed by atoms with Crippen molar-refractivity contribution in [2.45, 2.75) is 19.6 Å². The highest BCUT2D eigenvalue weighted by atomic mass is 32.1. The molecule has 0 bridgehead atoms. The van der Waals surface area contributed by atoms with Gasteiger partial charge < -0.3 is 9.84 Å². The lowest BCUT2D eigenvalue weighted by Crippen LogP contribution is -2.32. The van der Waals surface area contributed by atoms with Crippen molar-refractivity contribution in [2.75, 3.05) is 20.2 Å². The zero-order valence-corrected chi connectivity index (χ0v) is 13.8. The molecular weight excluding hydrogens is 318 g/mol. The van der Waals surface area contributed by atoms with E-state index in [2.05, 4.69) is 4.98 Å². The van der Waals surface area contributed by atoms with Gasteiger partial charge in [-0.15, -0.1) is 11.3 Å². The molecule has 124 valence electrons. The van der Waals surface area contributed by atoms with Crippen LogP contribution in [0.4, 0.5) is 5.69 Å². The van der Waals surface area contributed by atoms with E-state index < -0.39 is 11.0 Å². The molecule has 1 heterocycles. The van der Waals surface area contributed by atoms with E-state index in [-0.39, 0.29) is 12.3 Å². The number of non-ortho nitro benzene ring substituents is 1. The van der Waals surface area contributed by atoms with Crippen LogP contribution in [0.1, 0.15) is 9.88 Å². The first-order valence-electron chi connectivity index (χ1n) is 7.09. The van der Waals surface area contributed by atoms with Crippen LogP contribution in [0.5, 0.6) is 5.75 Å². The summed E-state index contributed by atoms with van der Waals surface area (Å²) in [5.41, 5.74) is -0.0327. The molecule has 2 rings (SSSR count). The Bertz CT molecular complexity index is 662. The summed E-state index contributed by atoms with van der Waals surface area (Å²) in [4.78, 5) is 17.5. The van der Waals surface area contributed by atoms with Crippen LogP contribution in [-0.4, -0.2) is 46.2 Å². The number of aromatic nitrogens is 1. The molecular formula is C15H19N3O4S. The predicted octanol–water partition coefficient (Wildman–Crippen LogP) is 2.23. The molecule has 1 atom stereocenters. The van der Waals surface area contributed by atoms with Gasteiger partial charge in [-0.2, -0.15) is 0 Å². The molecule has 0 amide bonds. The minimum atomic E-state index is -0.687. The third-order valence-corrected chi connectivity index (χ3v) is 3.99. The summed E-state index contributed by atoms with van der Waals surface area (Å²) in [5, 5.41) is 21.7. The zero-order chi connectivity index (χ0) is 16.8. The van der Waals surface area contributed by atoms with Crippen LogP contribution in [0.15, 0.2) is 30.5 Å². The normalized spacial score (nSPS) is 12.3. The number of thiazole rings is 1. The number of likely N-dealkylation sites (N-methyl/N-ethyl adjacent to an activating group) is 1. The number of benzene rings is 1. The van der Waals surface area contributed by atoms with Crippen LogP contribution in [0.25, 0.3) is 0 Å². The molecule has 8 heteroatoms. The van der Waals surface area contributed by atoms with E-state index in [4.69, 9.17) is 4.74 Å². The Hall–Kier alpha value is -2.03. The maximum absolute atomic E-state index is 10.7. The van der Waals surface area contributed by atoms with Crippen molar-refractivity contribution in [3.05, 3.63) is 50.5 Å². The highest BCUT2D eigenvalue weighted by molar-refractivity contribution is 7.11. The van der Waals surface area contributed by atoms with Gasteiger partial charge in [0.25, 0.3) is 5.69 Å². The summed E-state index contributed by atoms with van der Waals surface area (Å²) in [7, 11) is 1.91. The fourth-order valence-electron chi connectivity index (χ4n) is 2.10. The number of hydrogen-bond donors (Lipinski definition) is 1. The van der Waals surface area contributed by atoms with Crippen LogP contribution >= 0.6 is 11.3 Å². The average Bonchev–Trinajstić information content (AvgIpc) is 2.90. The smallest absolute Gasteiger partial charge is 0.273 e. The molecule has 1 N–H and O–H groups in total. The average molecular weight is 337 g/mol. The SMILES string of the molecule is Cc1ncc(CN(C)C[C@H](O)COc2cccc([N+](=O)[O-])c2)s1. The number of rotatable bonds is 8. The number of nitro groups is 1. The minimum Gasteiger partial charge on any atom is -0.491 e. The Morgan fingerprint density at radius 3 is 2.96 bits per heavy atom. The van der Waals surface area contributed by atoms with Gasteiger partial charge in [0.1, 0.15) is 18.5 Å². The van der Waals surface area contributed by atoms with Gasteiger partial charge >= 0.3 is 0 Å². The number of aliphatic hydroxyl groups is 1. The third kappa shape index (κ3) is 5.59. The molecule has 1 aromatic carbocycles. The third-order valence-electron chi connectivity index (χ3n) is 3.09. The fraction of sp³-hybridized carbons (Fsp3) is 0.400. The molecule has 2 aromatic rings. The summed E-state index contributed by atoms with van der Waals surface area (Å²) in [5.74, 6) is 0.374. The standard InChI is InChI=1S/C15H19N3O4S/c1-11-16-7-15(23-11)9-17(2)8-13(19)10-22-14-5-3-4-12(6-14)18(20)21/h3-7,13,19H,8-10H2,1-2H3/t13-/m0/s1. The second-order valence-corrected chi connectivity index (χ2v) is 6.58. The van der Waals surface area contributed by atoms with Crippen LogP contribution < -0.4 is 4.74 Å². The molecule has 0 aliphatic rings. The Balaban J connectivity index is 1.79. The van der Waals surface area contributed by atoms with Crippen LogP contribution in [0.2, 0.25) is 0 Å². The van der Waals surface area contributed by atoms with Gasteiger partial charge in [-0.1, -0.05) is 6.07 Å². The maximum Gasteiger partial charge on any atom is 0.273 e. The minimum absolute atomic E-state index is 0.0327. The topological polar surface area (TPSA) is 88.7 Å². The first kappa shape index (κ1) is 17.3. The van der Waals surface area contributed by atoms with Crippen molar-refractivity contribution in [3.63, 3.8) is 0 Å². The molecule has 0 unspecified atom stereocenters. The summed E-state index contributed by atoms with van der Waals surface area (Å²) in [6.07, 6.45) is 1.15. The van der Waals surface area contributed by atoms with Gasteiger partial charge in [0, 0.05) is 30.2 Å². The van der Waals surface area contributed by atoms with Gasteiger partial charge in [-0.05, 0) is 20.0 Å². The number of aryl methyl sites for hydroxylation is 1. The predicted molar refractivity (Wildman–Crippen MR) is 87.8 cm³/mol. The zero-order valence-electron chi connectivity index (χ0n) is 13.0. The number of ether oxygens (including phenoxy) is 1. The number of hydrogen-bond acceptors (Lipinski definition) is 7. The Labute approximate surface area is 138 Å². The van der Waals surface area contributed by atoms with Crippen molar-refractivity contribution < 1.29 is 14.8 Å². The molecule has 7 nitrogen and oxygen atoms in total. The van der Waals surface area contributed by atoms with Gasteiger partial charge in [0.15, 0.2) is 0 Å². The van der Waals surface area contributed by atoms with Gasteiger partial charge in [-0.3, -0.25) is 15.0 Å². The molecule has 0 aliphatic carbocycles. The quantitative estimate of drug-likeness (QED) is 0.587. The monoisotopic (exact) mass is 337 g/mol. The summed E-state index contributed by atoms with van der Waals surface area (Å²) >= 11 is 1.63. The number of nitro benzene ring substituents is 1. The van der Waals surface area contributed by atoms with Crippen LogP contribution in [0, 0.1) is 17.0 Å². The van der Waals surface area contributed by atoms with E-state index in [1.54, 1.807) is 23.5 Å². The first-order valence-corrected chi connectivity index (χ1v) is 7.91. The van der Waals surface area contributed by atoms with E-state index >= 15 is 0 Å². The molecule has 0 aliphatic heterocycles. The molecule has 0 spiro atoms. The first-order chi connectivity index (χ1) is 10.9. The summed E-state index contributed by atoms with van der Waals surface area (Å²) in [6, 6.07) is 5.92. The van der Waals surface area contributed by atoms with Gasteiger partial charge in [0.05, 0.1) is 16.0 Å². The highest BCUT2D eigenvalue weighted by Gasteiger charge is 2.12.